The van der Waals surface area contributed by atoms with Crippen molar-refractivity contribution in [3.63, 3.8) is 0 Å². The van der Waals surface area contributed by atoms with E-state index in [2.05, 4.69) is 26.1 Å². The number of nitrogens with two attached hydrogens (primary N) is 2. The molecule has 0 aliphatic carbocycles. The third-order valence-corrected chi connectivity index (χ3v) is 9.10. The van der Waals surface area contributed by atoms with Crippen LogP contribution in [0, 0.1) is 5.92 Å². The number of amides is 4. The first kappa shape index (κ1) is 38.3. The maximum Gasteiger partial charge on any atom is 0.245 e. The second-order valence-electron chi connectivity index (χ2n) is 13.7. The Bertz CT molecular complexity index is 1510. The van der Waals surface area contributed by atoms with Crippen LogP contribution in [0.4, 0.5) is 0 Å². The number of H-pyrrole nitrogens is 1. The smallest absolute Gasteiger partial charge is 0.245 e. The summed E-state index contributed by atoms with van der Waals surface area (Å²) in [6, 6.07) is 15.7. The maximum absolute atomic E-state index is 14.0. The lowest BCUT2D eigenvalue weighted by atomic mass is 9.99. The molecule has 0 saturated heterocycles. The summed E-state index contributed by atoms with van der Waals surface area (Å²) in [5, 5.41) is 15.9. The average Bonchev–Trinajstić information content (AvgIpc) is 3.59. The fraction of sp³-hybridized carbons (Fsp3) is 0.500. The SMILES string of the molecule is CC(C)C[C@@H](NC(=O)[C@@H](CCc1ccccc1)NC(=O)[C@H](N)Cc1ccccc1)C(=O)N[C@H](CCCCCN)C(=O)N1CCc2[nH]ncc2C1. The zero-order valence-corrected chi connectivity index (χ0v) is 29.4. The number of carbonyl (C=O) groups is 4. The molecular weight excluding hydrogens is 632 g/mol. The summed E-state index contributed by atoms with van der Waals surface area (Å²) in [5.74, 6) is -1.45. The molecular formula is C38H54N8O4. The lowest BCUT2D eigenvalue weighted by molar-refractivity contribution is -0.138. The van der Waals surface area contributed by atoms with Gasteiger partial charge in [0.25, 0.3) is 0 Å². The summed E-state index contributed by atoms with van der Waals surface area (Å²) in [6.45, 7) is 5.43. The number of nitrogens with zero attached hydrogens (tertiary/aromatic N) is 2. The first-order valence-corrected chi connectivity index (χ1v) is 17.9. The Hall–Kier alpha value is -4.55. The van der Waals surface area contributed by atoms with E-state index in [-0.39, 0.29) is 11.8 Å². The zero-order valence-electron chi connectivity index (χ0n) is 29.4. The van der Waals surface area contributed by atoms with Crippen LogP contribution in [0.1, 0.15) is 74.8 Å². The van der Waals surface area contributed by atoms with Crippen molar-refractivity contribution in [2.24, 2.45) is 17.4 Å². The van der Waals surface area contributed by atoms with Gasteiger partial charge in [-0.25, -0.2) is 0 Å². The summed E-state index contributed by atoms with van der Waals surface area (Å²) in [6.07, 6.45) is 6.74. The minimum absolute atomic E-state index is 0.0583. The van der Waals surface area contributed by atoms with Crippen molar-refractivity contribution in [2.45, 2.75) is 102 Å². The molecule has 0 unspecified atom stereocenters. The van der Waals surface area contributed by atoms with E-state index in [1.807, 2.05) is 74.5 Å². The molecule has 12 heteroatoms. The first-order chi connectivity index (χ1) is 24.1. The van der Waals surface area contributed by atoms with Gasteiger partial charge < -0.3 is 32.3 Å². The number of aromatic nitrogens is 2. The van der Waals surface area contributed by atoms with Crippen LogP contribution in [0.25, 0.3) is 0 Å². The van der Waals surface area contributed by atoms with Gasteiger partial charge in [-0.2, -0.15) is 5.10 Å². The van der Waals surface area contributed by atoms with E-state index in [0.717, 1.165) is 41.6 Å². The van der Waals surface area contributed by atoms with Crippen LogP contribution in [0.3, 0.4) is 0 Å². The molecule has 0 radical (unpaired) electrons. The predicted octanol–water partition coefficient (Wildman–Crippen LogP) is 2.52. The third-order valence-electron chi connectivity index (χ3n) is 9.10. The van der Waals surface area contributed by atoms with Crippen LogP contribution in [0.2, 0.25) is 0 Å². The van der Waals surface area contributed by atoms with Gasteiger partial charge in [0.05, 0.1) is 12.2 Å². The number of aryl methyl sites for hydroxylation is 1. The minimum Gasteiger partial charge on any atom is -0.343 e. The minimum atomic E-state index is -0.932. The Morgan fingerprint density at radius 1 is 0.820 bits per heavy atom. The van der Waals surface area contributed by atoms with Gasteiger partial charge in [0.1, 0.15) is 18.1 Å². The molecule has 0 saturated carbocycles. The summed E-state index contributed by atoms with van der Waals surface area (Å²) in [5.41, 5.74) is 15.9. The quantitative estimate of drug-likeness (QED) is 0.105. The number of benzene rings is 2. The molecule has 0 bridgehead atoms. The van der Waals surface area contributed by atoms with E-state index in [1.165, 1.54) is 0 Å². The van der Waals surface area contributed by atoms with E-state index in [1.54, 1.807) is 11.1 Å². The number of fused-ring (bicyclic) bond motifs is 1. The number of nitrogens with one attached hydrogen (secondary N) is 4. The van der Waals surface area contributed by atoms with Gasteiger partial charge in [0.15, 0.2) is 0 Å². The second-order valence-corrected chi connectivity index (χ2v) is 13.7. The molecule has 2 aromatic carbocycles. The number of carbonyl (C=O) groups excluding carboxylic acids is 4. The molecule has 0 spiro atoms. The Morgan fingerprint density at radius 2 is 1.46 bits per heavy atom. The summed E-state index contributed by atoms with van der Waals surface area (Å²) < 4.78 is 0. The molecule has 4 amide bonds. The molecule has 1 aliphatic rings. The largest absolute Gasteiger partial charge is 0.343 e. The van der Waals surface area contributed by atoms with Crippen LogP contribution in [-0.4, -0.2) is 76.0 Å². The molecule has 4 atom stereocenters. The normalized spacial score (nSPS) is 15.0. The molecule has 1 aromatic heterocycles. The number of aromatic amines is 1. The van der Waals surface area contributed by atoms with E-state index in [9.17, 15) is 19.2 Å². The first-order valence-electron chi connectivity index (χ1n) is 17.9. The van der Waals surface area contributed by atoms with Gasteiger partial charge in [-0.15, -0.1) is 0 Å². The highest BCUT2D eigenvalue weighted by Crippen LogP contribution is 2.19. The fourth-order valence-corrected chi connectivity index (χ4v) is 6.27. The second kappa shape index (κ2) is 19.6. The highest BCUT2D eigenvalue weighted by atomic mass is 16.2. The number of rotatable bonds is 19. The Morgan fingerprint density at radius 3 is 2.14 bits per heavy atom. The monoisotopic (exact) mass is 686 g/mol. The van der Waals surface area contributed by atoms with Crippen LogP contribution < -0.4 is 27.4 Å². The zero-order chi connectivity index (χ0) is 35.9. The van der Waals surface area contributed by atoms with Gasteiger partial charge in [-0.1, -0.05) is 87.4 Å². The molecule has 270 valence electrons. The van der Waals surface area contributed by atoms with Gasteiger partial charge in [0.2, 0.25) is 23.6 Å². The average molecular weight is 687 g/mol. The lowest BCUT2D eigenvalue weighted by Gasteiger charge is -2.32. The maximum atomic E-state index is 14.0. The Kier molecular flexibility index (Phi) is 15.0. The van der Waals surface area contributed by atoms with Crippen LogP contribution in [-0.2, 0) is 45.0 Å². The molecule has 3 aromatic rings. The van der Waals surface area contributed by atoms with E-state index in [0.29, 0.717) is 58.2 Å². The summed E-state index contributed by atoms with van der Waals surface area (Å²) >= 11 is 0. The van der Waals surface area contributed by atoms with Crippen LogP contribution >= 0.6 is 0 Å². The van der Waals surface area contributed by atoms with Gasteiger partial charge >= 0.3 is 0 Å². The summed E-state index contributed by atoms with van der Waals surface area (Å²) in [4.78, 5) is 56.8. The van der Waals surface area contributed by atoms with Crippen molar-refractivity contribution >= 4 is 23.6 Å². The molecule has 2 heterocycles. The van der Waals surface area contributed by atoms with E-state index < -0.39 is 41.9 Å². The summed E-state index contributed by atoms with van der Waals surface area (Å²) in [7, 11) is 0. The highest BCUT2D eigenvalue weighted by molar-refractivity contribution is 5.95. The van der Waals surface area contributed by atoms with Crippen molar-refractivity contribution in [3.05, 3.63) is 89.2 Å². The number of hydrogen-bond donors (Lipinski definition) is 6. The standard InChI is InChI=1S/C38H54N8O4/c1-26(2)22-34(37(49)43-33(16-10-5-11-20-39)38(50)46-21-19-31-29(25-46)24-41-45-31)44-36(48)32(18-17-27-12-6-3-7-13-27)42-35(47)30(40)23-28-14-8-4-9-15-28/h3-4,6-9,12-15,24,26,30,32-34H,5,10-11,16-23,25,39-40H2,1-2H3,(H,41,45)(H,42,47)(H,43,49)(H,44,48)/t30-,32-,33-,34-/m1/s1. The van der Waals surface area contributed by atoms with E-state index >= 15 is 0 Å². The van der Waals surface area contributed by atoms with Crippen LogP contribution in [0.15, 0.2) is 66.9 Å². The lowest BCUT2D eigenvalue weighted by Crippen LogP contribution is -2.58. The predicted molar refractivity (Wildman–Crippen MR) is 193 cm³/mol. The van der Waals surface area contributed by atoms with Crippen LogP contribution in [0.5, 0.6) is 0 Å². The van der Waals surface area contributed by atoms with Gasteiger partial charge in [-0.05, 0) is 62.1 Å². The number of unbranched alkanes of at least 4 members (excludes halogenated alkanes) is 2. The highest BCUT2D eigenvalue weighted by Gasteiger charge is 2.33. The third kappa shape index (κ3) is 11.8. The molecule has 12 nitrogen and oxygen atoms in total. The van der Waals surface area contributed by atoms with E-state index in [4.69, 9.17) is 11.5 Å². The molecule has 0 fully saturated rings. The van der Waals surface area contributed by atoms with Crippen molar-refractivity contribution in [2.75, 3.05) is 13.1 Å². The topological polar surface area (TPSA) is 188 Å². The van der Waals surface area contributed by atoms with Gasteiger partial charge in [-0.3, -0.25) is 24.3 Å². The molecule has 8 N–H and O–H groups in total. The van der Waals surface area contributed by atoms with Crippen molar-refractivity contribution in [1.82, 2.24) is 31.0 Å². The van der Waals surface area contributed by atoms with Crippen molar-refractivity contribution < 1.29 is 19.2 Å². The molecule has 1 aliphatic heterocycles. The molecule has 50 heavy (non-hydrogen) atoms. The Labute approximate surface area is 295 Å². The van der Waals surface area contributed by atoms with Gasteiger partial charge in [0, 0.05) is 30.8 Å². The fourth-order valence-electron chi connectivity index (χ4n) is 6.27. The molecule has 4 rings (SSSR count). The van der Waals surface area contributed by atoms with Crippen molar-refractivity contribution in [1.29, 1.82) is 0 Å². The van der Waals surface area contributed by atoms with Crippen molar-refractivity contribution in [3.8, 4) is 0 Å². The Balaban J connectivity index is 1.47. The number of hydrogen-bond acceptors (Lipinski definition) is 7.